The topological polar surface area (TPSA) is 66.0 Å². The zero-order chi connectivity index (χ0) is 11.1. The Morgan fingerprint density at radius 1 is 1.25 bits per heavy atom. The summed E-state index contributed by atoms with van der Waals surface area (Å²) in [6, 6.07) is 7.42. The van der Waals surface area contributed by atoms with Crippen LogP contribution in [0.25, 0.3) is 21.8 Å². The third kappa shape index (κ3) is 1.16. The van der Waals surface area contributed by atoms with Gasteiger partial charge in [-0.15, -0.1) is 0 Å². The van der Waals surface area contributed by atoms with E-state index in [1.165, 1.54) is 6.20 Å². The molecule has 2 N–H and O–H groups in total. The maximum atomic E-state index is 10.8. The highest BCUT2D eigenvalue weighted by atomic mass is 16.4. The van der Waals surface area contributed by atoms with Crippen molar-refractivity contribution in [2.75, 3.05) is 0 Å². The van der Waals surface area contributed by atoms with E-state index in [0.717, 1.165) is 21.8 Å². The summed E-state index contributed by atoms with van der Waals surface area (Å²) < 4.78 is 0. The Hall–Kier alpha value is -2.36. The molecule has 0 saturated carbocycles. The number of pyridine rings is 1. The van der Waals surface area contributed by atoms with Crippen LogP contribution in [0.4, 0.5) is 0 Å². The molecular formula is C12H8N2O2. The lowest BCUT2D eigenvalue weighted by Crippen LogP contribution is -1.97. The van der Waals surface area contributed by atoms with E-state index in [2.05, 4.69) is 9.97 Å². The molecule has 3 rings (SSSR count). The molecule has 0 fully saturated rings. The predicted molar refractivity (Wildman–Crippen MR) is 60.6 cm³/mol. The number of nitrogens with zero attached hydrogens (tertiary/aromatic N) is 1. The van der Waals surface area contributed by atoms with Crippen molar-refractivity contribution in [3.8, 4) is 0 Å². The monoisotopic (exact) mass is 212 g/mol. The van der Waals surface area contributed by atoms with Gasteiger partial charge in [0.15, 0.2) is 0 Å². The molecule has 0 unspecified atom stereocenters. The minimum Gasteiger partial charge on any atom is -0.478 e. The summed E-state index contributed by atoms with van der Waals surface area (Å²) in [4.78, 5) is 18.1. The van der Waals surface area contributed by atoms with Crippen LogP contribution in [0, 0.1) is 0 Å². The molecule has 0 atom stereocenters. The molecule has 4 heteroatoms. The lowest BCUT2D eigenvalue weighted by atomic mass is 10.1. The first kappa shape index (κ1) is 8.91. The standard InChI is InChI=1S/C12H8N2O2/c15-12(16)9-5-8-2-1-7-3-4-13-10(7)11(8)14-6-9/h1-6,13H,(H,15,16). The van der Waals surface area contributed by atoms with Gasteiger partial charge >= 0.3 is 5.97 Å². The molecule has 0 aliphatic carbocycles. The number of hydrogen-bond acceptors (Lipinski definition) is 2. The van der Waals surface area contributed by atoms with Gasteiger partial charge in [-0.05, 0) is 12.1 Å². The number of rotatable bonds is 1. The van der Waals surface area contributed by atoms with Crippen molar-refractivity contribution in [2.24, 2.45) is 0 Å². The van der Waals surface area contributed by atoms with Gasteiger partial charge in [-0.2, -0.15) is 0 Å². The van der Waals surface area contributed by atoms with Gasteiger partial charge in [0, 0.05) is 23.2 Å². The molecular weight excluding hydrogens is 204 g/mol. The van der Waals surface area contributed by atoms with Crippen molar-refractivity contribution in [3.05, 3.63) is 42.2 Å². The first-order valence-corrected chi connectivity index (χ1v) is 4.85. The Morgan fingerprint density at radius 2 is 2.06 bits per heavy atom. The van der Waals surface area contributed by atoms with Crippen LogP contribution in [0.3, 0.4) is 0 Å². The molecule has 0 spiro atoms. The van der Waals surface area contributed by atoms with Crippen molar-refractivity contribution >= 4 is 27.8 Å². The Balaban J connectivity index is 2.41. The van der Waals surface area contributed by atoms with E-state index in [4.69, 9.17) is 5.11 Å². The number of benzene rings is 1. The number of fused-ring (bicyclic) bond motifs is 3. The van der Waals surface area contributed by atoms with Gasteiger partial charge < -0.3 is 10.1 Å². The van der Waals surface area contributed by atoms with Gasteiger partial charge in [-0.1, -0.05) is 12.1 Å². The van der Waals surface area contributed by atoms with Gasteiger partial charge in [-0.25, -0.2) is 4.79 Å². The van der Waals surface area contributed by atoms with Crippen molar-refractivity contribution in [3.63, 3.8) is 0 Å². The zero-order valence-corrected chi connectivity index (χ0v) is 8.27. The highest BCUT2D eigenvalue weighted by Crippen LogP contribution is 2.22. The summed E-state index contributed by atoms with van der Waals surface area (Å²) >= 11 is 0. The van der Waals surface area contributed by atoms with Crippen LogP contribution in [0.1, 0.15) is 10.4 Å². The van der Waals surface area contributed by atoms with E-state index in [-0.39, 0.29) is 5.56 Å². The maximum Gasteiger partial charge on any atom is 0.337 e. The highest BCUT2D eigenvalue weighted by Gasteiger charge is 2.07. The molecule has 2 heterocycles. The number of H-pyrrole nitrogens is 1. The van der Waals surface area contributed by atoms with Crippen molar-refractivity contribution in [2.45, 2.75) is 0 Å². The Bertz CT molecular complexity index is 700. The van der Waals surface area contributed by atoms with Gasteiger partial charge in [0.1, 0.15) is 0 Å². The molecule has 78 valence electrons. The first-order chi connectivity index (χ1) is 7.75. The smallest absolute Gasteiger partial charge is 0.337 e. The second-order valence-electron chi connectivity index (χ2n) is 3.61. The first-order valence-electron chi connectivity index (χ1n) is 4.85. The van der Waals surface area contributed by atoms with Crippen LogP contribution in [-0.2, 0) is 0 Å². The lowest BCUT2D eigenvalue weighted by molar-refractivity contribution is 0.0696. The fraction of sp³-hybridized carbons (Fsp3) is 0. The molecule has 0 bridgehead atoms. The lowest BCUT2D eigenvalue weighted by Gasteiger charge is -2.00. The van der Waals surface area contributed by atoms with Crippen LogP contribution in [0.15, 0.2) is 36.7 Å². The number of carbonyl (C=O) groups is 1. The average molecular weight is 212 g/mol. The molecule has 0 aliphatic heterocycles. The number of aromatic nitrogens is 2. The minimum absolute atomic E-state index is 0.207. The molecule has 0 radical (unpaired) electrons. The largest absolute Gasteiger partial charge is 0.478 e. The normalized spacial score (nSPS) is 11.0. The fourth-order valence-corrected chi connectivity index (χ4v) is 1.84. The third-order valence-electron chi connectivity index (χ3n) is 2.62. The number of nitrogens with one attached hydrogen (secondary N) is 1. The summed E-state index contributed by atoms with van der Waals surface area (Å²) in [5.41, 5.74) is 1.94. The van der Waals surface area contributed by atoms with Gasteiger partial charge in [-0.3, -0.25) is 4.98 Å². The van der Waals surface area contributed by atoms with E-state index in [1.807, 2.05) is 24.4 Å². The molecule has 3 aromatic rings. The second-order valence-corrected chi connectivity index (χ2v) is 3.61. The predicted octanol–water partition coefficient (Wildman–Crippen LogP) is 2.41. The Labute approximate surface area is 90.5 Å². The molecule has 0 amide bonds. The SMILES string of the molecule is O=C(O)c1cnc2c(ccc3cc[nH]c32)c1. The van der Waals surface area contributed by atoms with E-state index in [9.17, 15) is 4.79 Å². The maximum absolute atomic E-state index is 10.8. The molecule has 0 saturated heterocycles. The van der Waals surface area contributed by atoms with Gasteiger partial charge in [0.05, 0.1) is 16.6 Å². The summed E-state index contributed by atoms with van der Waals surface area (Å²) in [6.07, 6.45) is 3.22. The van der Waals surface area contributed by atoms with Crippen molar-refractivity contribution < 1.29 is 9.90 Å². The van der Waals surface area contributed by atoms with Crippen molar-refractivity contribution in [1.82, 2.24) is 9.97 Å². The Morgan fingerprint density at radius 3 is 2.88 bits per heavy atom. The quantitative estimate of drug-likeness (QED) is 0.651. The minimum atomic E-state index is -0.957. The zero-order valence-electron chi connectivity index (χ0n) is 8.27. The van der Waals surface area contributed by atoms with Gasteiger partial charge in [0.25, 0.3) is 0 Å². The van der Waals surface area contributed by atoms with Crippen LogP contribution in [0.2, 0.25) is 0 Å². The van der Waals surface area contributed by atoms with Crippen molar-refractivity contribution in [1.29, 1.82) is 0 Å². The average Bonchev–Trinajstić information content (AvgIpc) is 2.76. The molecule has 4 nitrogen and oxygen atoms in total. The van der Waals surface area contributed by atoms with E-state index in [0.29, 0.717) is 0 Å². The number of hydrogen-bond donors (Lipinski definition) is 2. The van der Waals surface area contributed by atoms with Crippen LogP contribution >= 0.6 is 0 Å². The van der Waals surface area contributed by atoms with E-state index >= 15 is 0 Å². The molecule has 16 heavy (non-hydrogen) atoms. The number of aromatic carboxylic acids is 1. The molecule has 2 aromatic heterocycles. The highest BCUT2D eigenvalue weighted by molar-refractivity contribution is 6.04. The number of aromatic amines is 1. The summed E-state index contributed by atoms with van der Waals surface area (Å²) in [5, 5.41) is 10.8. The number of carboxylic acid groups (broad SMARTS) is 1. The molecule has 0 aliphatic rings. The van der Waals surface area contributed by atoms with Crippen LogP contribution < -0.4 is 0 Å². The van der Waals surface area contributed by atoms with Crippen LogP contribution in [-0.4, -0.2) is 21.0 Å². The van der Waals surface area contributed by atoms with Gasteiger partial charge in [0.2, 0.25) is 0 Å². The summed E-state index contributed by atoms with van der Waals surface area (Å²) in [6.45, 7) is 0. The summed E-state index contributed by atoms with van der Waals surface area (Å²) in [7, 11) is 0. The Kier molecular flexibility index (Phi) is 1.71. The second kappa shape index (κ2) is 3.06. The van der Waals surface area contributed by atoms with E-state index < -0.39 is 5.97 Å². The number of carboxylic acids is 1. The fourth-order valence-electron chi connectivity index (χ4n) is 1.84. The summed E-state index contributed by atoms with van der Waals surface area (Å²) in [5.74, 6) is -0.957. The van der Waals surface area contributed by atoms with E-state index in [1.54, 1.807) is 6.07 Å². The molecule has 1 aromatic carbocycles. The third-order valence-corrected chi connectivity index (χ3v) is 2.62. The van der Waals surface area contributed by atoms with Crippen LogP contribution in [0.5, 0.6) is 0 Å².